The Bertz CT molecular complexity index is 253. The average molecular weight is 256 g/mol. The molecule has 4 nitrogen and oxygen atoms in total. The lowest BCUT2D eigenvalue weighted by atomic mass is 9.96. The summed E-state index contributed by atoms with van der Waals surface area (Å²) in [6.07, 6.45) is 6.71. The number of esters is 1. The summed E-state index contributed by atoms with van der Waals surface area (Å²) in [5, 5.41) is 0. The Kier molecular flexibility index (Phi) is 7.65. The number of carbonyl (C=O) groups is 2. The molecule has 4 heteroatoms. The average Bonchev–Trinajstić information content (AvgIpc) is 2.36. The molecule has 1 aliphatic carbocycles. The Morgan fingerprint density at radius 3 is 2.61 bits per heavy atom. The van der Waals surface area contributed by atoms with Crippen LogP contribution in [0.4, 0.5) is 0 Å². The molecule has 0 spiro atoms. The third kappa shape index (κ3) is 6.74. The summed E-state index contributed by atoms with van der Waals surface area (Å²) < 4.78 is 10.6. The van der Waals surface area contributed by atoms with Gasteiger partial charge in [0.2, 0.25) is 0 Å². The number of unbranched alkanes of at least 4 members (excludes halogenated alkanes) is 2. The molecule has 0 aromatic carbocycles. The molecule has 1 aliphatic rings. The van der Waals surface area contributed by atoms with Crippen LogP contribution in [0.5, 0.6) is 0 Å². The first kappa shape index (κ1) is 15.2. The van der Waals surface area contributed by atoms with Crippen LogP contribution >= 0.6 is 0 Å². The van der Waals surface area contributed by atoms with Crippen molar-refractivity contribution in [2.24, 2.45) is 0 Å². The fourth-order valence-electron chi connectivity index (χ4n) is 2.11. The number of hydrogen-bond acceptors (Lipinski definition) is 4. The van der Waals surface area contributed by atoms with E-state index in [1.807, 2.05) is 6.92 Å². The van der Waals surface area contributed by atoms with Crippen molar-refractivity contribution in [2.75, 3.05) is 13.2 Å². The van der Waals surface area contributed by atoms with Gasteiger partial charge in [-0.05, 0) is 32.6 Å². The van der Waals surface area contributed by atoms with Crippen LogP contribution in [-0.2, 0) is 19.1 Å². The highest BCUT2D eigenvalue weighted by Gasteiger charge is 2.18. The Morgan fingerprint density at radius 2 is 1.94 bits per heavy atom. The molecule has 0 saturated heterocycles. The van der Waals surface area contributed by atoms with Crippen LogP contribution in [0.2, 0.25) is 0 Å². The largest absolute Gasteiger partial charge is 0.466 e. The standard InChI is InChI=1S/C14H24O4/c1-2-17-14(16)6-4-3-5-11-18-13-9-7-12(15)8-10-13/h13H,2-11H2,1H3. The highest BCUT2D eigenvalue weighted by Crippen LogP contribution is 2.18. The van der Waals surface area contributed by atoms with E-state index in [1.165, 1.54) is 0 Å². The van der Waals surface area contributed by atoms with E-state index in [9.17, 15) is 9.59 Å². The molecule has 1 saturated carbocycles. The van der Waals surface area contributed by atoms with Crippen molar-refractivity contribution < 1.29 is 19.1 Å². The van der Waals surface area contributed by atoms with Crippen molar-refractivity contribution in [3.63, 3.8) is 0 Å². The first-order valence-electron chi connectivity index (χ1n) is 7.01. The second kappa shape index (κ2) is 9.09. The number of carbonyl (C=O) groups excluding carboxylic acids is 2. The number of hydrogen-bond donors (Lipinski definition) is 0. The number of Topliss-reactive ketones (excluding diaryl/α,β-unsaturated/α-hetero) is 1. The second-order valence-corrected chi connectivity index (χ2v) is 4.72. The predicted molar refractivity (Wildman–Crippen MR) is 68.3 cm³/mol. The first-order valence-corrected chi connectivity index (χ1v) is 7.01. The molecular formula is C14H24O4. The number of rotatable bonds is 8. The van der Waals surface area contributed by atoms with Crippen LogP contribution in [0, 0.1) is 0 Å². The van der Waals surface area contributed by atoms with E-state index < -0.39 is 0 Å². The van der Waals surface area contributed by atoms with E-state index in [0.717, 1.165) is 38.7 Å². The van der Waals surface area contributed by atoms with Crippen molar-refractivity contribution >= 4 is 11.8 Å². The van der Waals surface area contributed by atoms with Gasteiger partial charge < -0.3 is 9.47 Å². The van der Waals surface area contributed by atoms with Crippen molar-refractivity contribution in [3.05, 3.63) is 0 Å². The van der Waals surface area contributed by atoms with E-state index in [0.29, 0.717) is 31.7 Å². The molecule has 0 aromatic heterocycles. The minimum atomic E-state index is -0.107. The van der Waals surface area contributed by atoms with Crippen LogP contribution in [-0.4, -0.2) is 31.1 Å². The monoisotopic (exact) mass is 256 g/mol. The minimum absolute atomic E-state index is 0.107. The van der Waals surface area contributed by atoms with Gasteiger partial charge in [-0.2, -0.15) is 0 Å². The summed E-state index contributed by atoms with van der Waals surface area (Å²) in [5.41, 5.74) is 0. The van der Waals surface area contributed by atoms with Gasteiger partial charge in [0, 0.05) is 25.9 Å². The maximum absolute atomic E-state index is 11.1. The van der Waals surface area contributed by atoms with E-state index in [-0.39, 0.29) is 12.1 Å². The summed E-state index contributed by atoms with van der Waals surface area (Å²) in [4.78, 5) is 22.1. The summed E-state index contributed by atoms with van der Waals surface area (Å²) in [6.45, 7) is 3.02. The van der Waals surface area contributed by atoms with Crippen LogP contribution in [0.25, 0.3) is 0 Å². The molecule has 104 valence electrons. The zero-order valence-electron chi connectivity index (χ0n) is 11.3. The summed E-state index contributed by atoms with van der Waals surface area (Å²) in [6, 6.07) is 0. The Balaban J connectivity index is 1.89. The normalized spacial score (nSPS) is 16.8. The van der Waals surface area contributed by atoms with Crippen LogP contribution < -0.4 is 0 Å². The Labute approximate surface area is 109 Å². The molecule has 0 radical (unpaired) electrons. The zero-order chi connectivity index (χ0) is 13.2. The van der Waals surface area contributed by atoms with Gasteiger partial charge in [0.25, 0.3) is 0 Å². The lowest BCUT2D eigenvalue weighted by Crippen LogP contribution is -2.21. The third-order valence-corrected chi connectivity index (χ3v) is 3.17. The van der Waals surface area contributed by atoms with Gasteiger partial charge in [0.1, 0.15) is 5.78 Å². The van der Waals surface area contributed by atoms with Gasteiger partial charge in [0.05, 0.1) is 12.7 Å². The fourth-order valence-corrected chi connectivity index (χ4v) is 2.11. The predicted octanol–water partition coefficient (Wildman–Crippen LogP) is 2.64. The van der Waals surface area contributed by atoms with E-state index in [2.05, 4.69) is 0 Å². The Morgan fingerprint density at radius 1 is 1.22 bits per heavy atom. The van der Waals surface area contributed by atoms with Crippen LogP contribution in [0.3, 0.4) is 0 Å². The quantitative estimate of drug-likeness (QED) is 0.495. The molecule has 0 aliphatic heterocycles. The molecular weight excluding hydrogens is 232 g/mol. The molecule has 1 rings (SSSR count). The number of ether oxygens (including phenoxy) is 2. The van der Waals surface area contributed by atoms with Crippen molar-refractivity contribution in [3.8, 4) is 0 Å². The minimum Gasteiger partial charge on any atom is -0.466 e. The van der Waals surface area contributed by atoms with Crippen molar-refractivity contribution in [1.29, 1.82) is 0 Å². The van der Waals surface area contributed by atoms with Gasteiger partial charge in [-0.15, -0.1) is 0 Å². The summed E-state index contributed by atoms with van der Waals surface area (Å²) in [7, 11) is 0. The topological polar surface area (TPSA) is 52.6 Å². The zero-order valence-corrected chi connectivity index (χ0v) is 11.3. The Hall–Kier alpha value is -0.900. The van der Waals surface area contributed by atoms with Gasteiger partial charge in [-0.25, -0.2) is 0 Å². The van der Waals surface area contributed by atoms with Gasteiger partial charge in [-0.3, -0.25) is 9.59 Å². The van der Waals surface area contributed by atoms with Gasteiger partial charge in [-0.1, -0.05) is 6.42 Å². The van der Waals surface area contributed by atoms with Gasteiger partial charge in [0.15, 0.2) is 0 Å². The van der Waals surface area contributed by atoms with Crippen molar-refractivity contribution in [2.45, 2.75) is 64.4 Å². The van der Waals surface area contributed by atoms with E-state index in [1.54, 1.807) is 0 Å². The summed E-state index contributed by atoms with van der Waals surface area (Å²) >= 11 is 0. The van der Waals surface area contributed by atoms with Crippen molar-refractivity contribution in [1.82, 2.24) is 0 Å². The van der Waals surface area contributed by atoms with Crippen LogP contribution in [0.15, 0.2) is 0 Å². The SMILES string of the molecule is CCOC(=O)CCCCCOC1CCC(=O)CC1. The molecule has 0 aromatic rings. The molecule has 18 heavy (non-hydrogen) atoms. The highest BCUT2D eigenvalue weighted by molar-refractivity contribution is 5.79. The lowest BCUT2D eigenvalue weighted by molar-refractivity contribution is -0.143. The van der Waals surface area contributed by atoms with E-state index in [4.69, 9.17) is 9.47 Å². The molecule has 0 N–H and O–H groups in total. The second-order valence-electron chi connectivity index (χ2n) is 4.72. The first-order chi connectivity index (χ1) is 8.72. The maximum atomic E-state index is 11.1. The third-order valence-electron chi connectivity index (χ3n) is 3.17. The molecule has 0 unspecified atom stereocenters. The fraction of sp³-hybridized carbons (Fsp3) is 0.857. The smallest absolute Gasteiger partial charge is 0.305 e. The number of ketones is 1. The molecule has 0 atom stereocenters. The van der Waals surface area contributed by atoms with Gasteiger partial charge >= 0.3 is 5.97 Å². The maximum Gasteiger partial charge on any atom is 0.305 e. The molecule has 0 bridgehead atoms. The lowest BCUT2D eigenvalue weighted by Gasteiger charge is -2.21. The highest BCUT2D eigenvalue weighted by atomic mass is 16.5. The van der Waals surface area contributed by atoms with E-state index >= 15 is 0 Å². The molecule has 0 heterocycles. The summed E-state index contributed by atoms with van der Waals surface area (Å²) in [5.74, 6) is 0.258. The molecule has 0 amide bonds. The van der Waals surface area contributed by atoms with Crippen LogP contribution in [0.1, 0.15) is 58.3 Å². The molecule has 1 fully saturated rings.